The molecule has 0 aliphatic rings. The normalized spacial score (nSPS) is 11.9. The average Bonchev–Trinajstić information content (AvgIpc) is 2.92. The maximum atomic E-state index is 14.7. The van der Waals surface area contributed by atoms with E-state index in [0.29, 0.717) is 15.2 Å². The van der Waals surface area contributed by atoms with Crippen molar-refractivity contribution in [1.82, 2.24) is 19.3 Å². The molecule has 0 bridgehead atoms. The molecule has 2 N–H and O–H groups in total. The molecule has 41 heavy (non-hydrogen) atoms. The van der Waals surface area contributed by atoms with Gasteiger partial charge >= 0.3 is 11.9 Å². The standard InChI is InChI=1S/C25H19F4N7O5/c1-13(31-14-6-8-15(9-7-14)36(39)40)21-22(30)34(12-16-17(25(27,28)29)4-3-5-18(16)26)24(38)35(23(21)37)19-10-11-20(41-2)33-32-19/h3-11H,12,30H2,1-2H3. The molecule has 0 atom stereocenters. The van der Waals surface area contributed by atoms with Crippen molar-refractivity contribution in [3.63, 3.8) is 0 Å². The fourth-order valence-electron chi connectivity index (χ4n) is 3.94. The van der Waals surface area contributed by atoms with Crippen LogP contribution in [-0.2, 0) is 12.7 Å². The summed E-state index contributed by atoms with van der Waals surface area (Å²) < 4.78 is 61.9. The number of hydrogen-bond donors (Lipinski definition) is 1. The number of nitro benzene ring substituents is 1. The topological polar surface area (TPSA) is 161 Å². The number of alkyl halides is 3. The molecule has 16 heteroatoms. The lowest BCUT2D eigenvalue weighted by molar-refractivity contribution is -0.384. The van der Waals surface area contributed by atoms with Crippen molar-refractivity contribution in [2.45, 2.75) is 19.6 Å². The van der Waals surface area contributed by atoms with Gasteiger partial charge < -0.3 is 10.5 Å². The van der Waals surface area contributed by atoms with Gasteiger partial charge in [-0.2, -0.15) is 13.2 Å². The zero-order chi connectivity index (χ0) is 30.1. The Morgan fingerprint density at radius 3 is 2.34 bits per heavy atom. The third-order valence-corrected chi connectivity index (χ3v) is 5.91. The second-order valence-electron chi connectivity index (χ2n) is 8.44. The van der Waals surface area contributed by atoms with Gasteiger partial charge in [0, 0.05) is 23.8 Å². The molecular weight excluding hydrogens is 554 g/mol. The first-order valence-electron chi connectivity index (χ1n) is 11.5. The minimum Gasteiger partial charge on any atom is -0.480 e. The number of halogens is 4. The van der Waals surface area contributed by atoms with Crippen LogP contribution in [0.4, 0.5) is 34.8 Å². The number of nitrogen functional groups attached to an aromatic ring is 1. The van der Waals surface area contributed by atoms with Gasteiger partial charge in [-0.15, -0.1) is 10.2 Å². The first kappa shape index (κ1) is 28.6. The Labute approximate surface area is 227 Å². The SMILES string of the molecule is COc1ccc(-n2c(=O)c(C(C)=Nc3ccc([N+](=O)[O-])cc3)c(N)n(Cc3c(F)cccc3C(F)(F)F)c2=O)nn1. The van der Waals surface area contributed by atoms with Crippen molar-refractivity contribution < 1.29 is 27.2 Å². The van der Waals surface area contributed by atoms with Crippen LogP contribution in [0.1, 0.15) is 23.6 Å². The predicted octanol–water partition coefficient (Wildman–Crippen LogP) is 3.64. The Kier molecular flexibility index (Phi) is 7.67. The Hall–Kier alpha value is -5.41. The van der Waals surface area contributed by atoms with Crippen LogP contribution in [0, 0.1) is 15.9 Å². The lowest BCUT2D eigenvalue weighted by Crippen LogP contribution is -2.43. The number of benzene rings is 2. The van der Waals surface area contributed by atoms with Crippen molar-refractivity contribution in [3.05, 3.63) is 108 Å². The van der Waals surface area contributed by atoms with Crippen LogP contribution in [0.2, 0.25) is 0 Å². The summed E-state index contributed by atoms with van der Waals surface area (Å²) in [5.74, 6) is -2.15. The summed E-state index contributed by atoms with van der Waals surface area (Å²) in [5.41, 5.74) is 1.09. The van der Waals surface area contributed by atoms with Crippen LogP contribution >= 0.6 is 0 Å². The summed E-state index contributed by atoms with van der Waals surface area (Å²) >= 11 is 0. The van der Waals surface area contributed by atoms with E-state index in [1.807, 2.05) is 0 Å². The first-order valence-corrected chi connectivity index (χ1v) is 11.5. The molecule has 4 rings (SSSR count). The number of nitrogens with two attached hydrogens (primary N) is 1. The second kappa shape index (κ2) is 11.0. The monoisotopic (exact) mass is 573 g/mol. The van der Waals surface area contributed by atoms with E-state index >= 15 is 0 Å². The minimum absolute atomic E-state index is 0.0369. The average molecular weight is 573 g/mol. The van der Waals surface area contributed by atoms with Gasteiger partial charge in [-0.3, -0.25) is 24.5 Å². The van der Waals surface area contributed by atoms with Crippen LogP contribution in [0.5, 0.6) is 5.88 Å². The summed E-state index contributed by atoms with van der Waals surface area (Å²) in [5, 5.41) is 18.4. The lowest BCUT2D eigenvalue weighted by Gasteiger charge is -2.19. The van der Waals surface area contributed by atoms with E-state index in [0.717, 1.165) is 12.1 Å². The largest absolute Gasteiger partial charge is 0.480 e. The summed E-state index contributed by atoms with van der Waals surface area (Å²) in [7, 11) is 1.30. The zero-order valence-electron chi connectivity index (χ0n) is 21.2. The highest BCUT2D eigenvalue weighted by Gasteiger charge is 2.35. The number of anilines is 1. The highest BCUT2D eigenvalue weighted by Crippen LogP contribution is 2.33. The molecule has 0 saturated carbocycles. The molecule has 0 aliphatic carbocycles. The van der Waals surface area contributed by atoms with E-state index in [1.54, 1.807) is 0 Å². The van der Waals surface area contributed by atoms with Gasteiger partial charge in [0.25, 0.3) is 11.2 Å². The maximum absolute atomic E-state index is 14.7. The Morgan fingerprint density at radius 1 is 1.10 bits per heavy atom. The van der Waals surface area contributed by atoms with Crippen LogP contribution in [0.15, 0.2) is 69.2 Å². The summed E-state index contributed by atoms with van der Waals surface area (Å²) in [4.78, 5) is 41.7. The van der Waals surface area contributed by atoms with Gasteiger partial charge in [-0.1, -0.05) is 6.07 Å². The fourth-order valence-corrected chi connectivity index (χ4v) is 3.94. The molecule has 2 heterocycles. The van der Waals surface area contributed by atoms with Crippen molar-refractivity contribution in [1.29, 1.82) is 0 Å². The number of nitro groups is 1. The molecule has 0 spiro atoms. The van der Waals surface area contributed by atoms with Crippen molar-refractivity contribution >= 4 is 22.9 Å². The smallest absolute Gasteiger partial charge is 0.416 e. The minimum atomic E-state index is -4.97. The number of hydrogen-bond acceptors (Lipinski definition) is 9. The molecule has 0 amide bonds. The zero-order valence-corrected chi connectivity index (χ0v) is 21.2. The Balaban J connectivity index is 1.99. The van der Waals surface area contributed by atoms with E-state index in [4.69, 9.17) is 10.5 Å². The maximum Gasteiger partial charge on any atom is 0.416 e. The van der Waals surface area contributed by atoms with Gasteiger partial charge in [0.15, 0.2) is 5.82 Å². The molecule has 0 aliphatic heterocycles. The van der Waals surface area contributed by atoms with Crippen molar-refractivity contribution in [2.24, 2.45) is 4.99 Å². The van der Waals surface area contributed by atoms with Gasteiger partial charge in [-0.25, -0.2) is 13.8 Å². The van der Waals surface area contributed by atoms with E-state index in [1.165, 1.54) is 50.4 Å². The number of aliphatic imine (C=N–C) groups is 1. The van der Waals surface area contributed by atoms with Crippen LogP contribution < -0.4 is 21.7 Å². The summed E-state index contributed by atoms with van der Waals surface area (Å²) in [6.45, 7) is 0.325. The van der Waals surface area contributed by atoms with E-state index in [2.05, 4.69) is 15.2 Å². The molecule has 0 saturated heterocycles. The molecule has 212 valence electrons. The molecule has 0 fully saturated rings. The molecule has 2 aromatic heterocycles. The summed E-state index contributed by atoms with van der Waals surface area (Å²) in [6.07, 6.45) is -4.97. The third kappa shape index (κ3) is 5.66. The Morgan fingerprint density at radius 2 is 1.78 bits per heavy atom. The van der Waals surface area contributed by atoms with Gasteiger partial charge in [0.05, 0.1) is 35.5 Å². The fraction of sp³-hybridized carbons (Fsp3) is 0.160. The molecular formula is C25H19F4N7O5. The quantitative estimate of drug-likeness (QED) is 0.152. The van der Waals surface area contributed by atoms with E-state index in [-0.39, 0.29) is 28.8 Å². The highest BCUT2D eigenvalue weighted by atomic mass is 19.4. The van der Waals surface area contributed by atoms with Crippen LogP contribution in [-0.4, -0.2) is 37.1 Å². The highest BCUT2D eigenvalue weighted by molar-refractivity contribution is 6.03. The molecule has 0 radical (unpaired) electrons. The number of methoxy groups -OCH3 is 1. The van der Waals surface area contributed by atoms with Crippen molar-refractivity contribution in [3.8, 4) is 11.7 Å². The second-order valence-corrected chi connectivity index (χ2v) is 8.44. The van der Waals surface area contributed by atoms with Crippen LogP contribution in [0.3, 0.4) is 0 Å². The third-order valence-electron chi connectivity index (χ3n) is 5.91. The van der Waals surface area contributed by atoms with E-state index in [9.17, 15) is 37.3 Å². The van der Waals surface area contributed by atoms with Gasteiger partial charge in [0.2, 0.25) is 5.88 Å². The van der Waals surface area contributed by atoms with Gasteiger partial charge in [0.1, 0.15) is 17.2 Å². The Bertz CT molecular complexity index is 1780. The number of nitrogens with zero attached hydrogens (tertiary/aromatic N) is 6. The van der Waals surface area contributed by atoms with Crippen LogP contribution in [0.25, 0.3) is 5.82 Å². The number of non-ortho nitro benzene ring substituents is 1. The van der Waals surface area contributed by atoms with Crippen molar-refractivity contribution in [2.75, 3.05) is 12.8 Å². The van der Waals surface area contributed by atoms with Gasteiger partial charge in [-0.05, 0) is 37.3 Å². The molecule has 2 aromatic carbocycles. The molecule has 0 unspecified atom stereocenters. The molecule has 12 nitrogen and oxygen atoms in total. The number of rotatable bonds is 7. The number of aromatic nitrogens is 4. The lowest BCUT2D eigenvalue weighted by atomic mass is 10.1. The first-order chi connectivity index (χ1) is 19.3. The number of ether oxygens (including phenoxy) is 1. The molecule has 4 aromatic rings. The van der Waals surface area contributed by atoms with E-state index < -0.39 is 57.2 Å². The predicted molar refractivity (Wildman–Crippen MR) is 138 cm³/mol. The summed E-state index contributed by atoms with van der Waals surface area (Å²) in [6, 6.07) is 9.69.